The monoisotopic (exact) mass is 659 g/mol. The number of nitrogens with zero attached hydrogens (tertiary/aromatic N) is 3. The number of fused-ring (bicyclic) bond motifs is 1. The Kier molecular flexibility index (Phi) is 10.9. The number of imidazole rings is 1. The Balaban J connectivity index is 1.44. The average molecular weight is 660 g/mol. The zero-order valence-electron chi connectivity index (χ0n) is 27.7. The zero-order chi connectivity index (χ0) is 34.3. The number of aryl methyl sites for hydroxylation is 1. The summed E-state index contributed by atoms with van der Waals surface area (Å²) in [6, 6.07) is 19.2. The van der Waals surface area contributed by atoms with E-state index in [4.69, 9.17) is 9.97 Å². The van der Waals surface area contributed by atoms with Crippen LogP contribution in [-0.4, -0.2) is 49.7 Å². The van der Waals surface area contributed by atoms with Crippen molar-refractivity contribution >= 4 is 43.3 Å². The van der Waals surface area contributed by atoms with E-state index in [0.29, 0.717) is 41.4 Å². The van der Waals surface area contributed by atoms with Gasteiger partial charge in [0.25, 0.3) is 0 Å². The summed E-state index contributed by atoms with van der Waals surface area (Å²) in [4.78, 5) is 13.4. The van der Waals surface area contributed by atoms with Gasteiger partial charge in [-0.15, -0.1) is 0 Å². The second-order valence-electron chi connectivity index (χ2n) is 11.7. The molecule has 0 aliphatic rings. The van der Waals surface area contributed by atoms with E-state index in [1.165, 1.54) is 17.7 Å². The summed E-state index contributed by atoms with van der Waals surface area (Å²) in [6.07, 6.45) is 11.5. The topological polar surface area (TPSA) is 94.3 Å². The molecule has 0 radical (unpaired) electrons. The van der Waals surface area contributed by atoms with Crippen molar-refractivity contribution < 1.29 is 4.39 Å². The maximum Gasteiger partial charge on any atom is 0.161 e. The summed E-state index contributed by atoms with van der Waals surface area (Å²) in [6.45, 7) is 13.7. The van der Waals surface area contributed by atoms with Crippen molar-refractivity contribution in [3.63, 3.8) is 0 Å². The van der Waals surface area contributed by atoms with E-state index >= 15 is 0 Å². The second kappa shape index (κ2) is 15.2. The molecule has 4 N–H and O–H groups in total. The number of rotatable bonds is 14. The van der Waals surface area contributed by atoms with Gasteiger partial charge in [-0.3, -0.25) is 9.82 Å². The van der Waals surface area contributed by atoms with E-state index in [1.54, 1.807) is 6.08 Å². The molecule has 0 atom stereocenters. The van der Waals surface area contributed by atoms with Gasteiger partial charge in [0.2, 0.25) is 0 Å². The van der Waals surface area contributed by atoms with Gasteiger partial charge in [0.05, 0.1) is 16.9 Å². The van der Waals surface area contributed by atoms with Gasteiger partial charge in [0, 0.05) is 30.9 Å². The van der Waals surface area contributed by atoms with Crippen molar-refractivity contribution in [2.75, 3.05) is 12.8 Å². The molecule has 5 aromatic rings. The first-order chi connectivity index (χ1) is 23.1. The molecule has 0 aliphatic heterocycles. The lowest BCUT2D eigenvalue weighted by Crippen LogP contribution is -2.16. The standard InChI is InChI=1S/C39H42FN7S/c1-8-14-33(31-20-29(21-32(40)22-31)25-42-48(5,6)7)36-26(4)43-39(45-36)38-37-35(46-47-38)18-17-34(44-37)30(10-3)19-27(9-2)23-41-24-28-15-12-11-13-16-28/h8-22,41-42H,1-2,5-6,23-25H2,3-4,7H3,(H,43,45)(H,46,47)/b27-19+,30-10+,33-14-. The molecule has 0 bridgehead atoms. The molecular weight excluding hydrogens is 618 g/mol. The van der Waals surface area contributed by atoms with Gasteiger partial charge in [-0.05, 0) is 84.3 Å². The highest BCUT2D eigenvalue weighted by Gasteiger charge is 2.20. The number of hydrogen-bond donors (Lipinski definition) is 4. The van der Waals surface area contributed by atoms with E-state index < -0.39 is 9.39 Å². The van der Waals surface area contributed by atoms with Gasteiger partial charge in [0.15, 0.2) is 11.5 Å². The summed E-state index contributed by atoms with van der Waals surface area (Å²) >= 11 is 0. The third-order valence-corrected chi connectivity index (χ3v) is 8.50. The van der Waals surface area contributed by atoms with Crippen LogP contribution in [0, 0.1) is 12.7 Å². The fourth-order valence-corrected chi connectivity index (χ4v) is 5.80. The molecule has 0 amide bonds. The number of allylic oxidation sites excluding steroid dienone is 5. The van der Waals surface area contributed by atoms with E-state index in [0.717, 1.165) is 45.7 Å². The maximum atomic E-state index is 14.9. The van der Waals surface area contributed by atoms with Crippen LogP contribution in [0.2, 0.25) is 0 Å². The SMILES string of the molecule is C=C/C=C(/c1cc(F)cc(CNS(=C)(=C)C)c1)c1nc(-c2n[nH]c3ccc(C(/C=C(\C=C)CNCc4ccccc4)=C/C)nc23)[nH]c1C. The highest BCUT2D eigenvalue weighted by Crippen LogP contribution is 2.31. The number of H-pyrrole nitrogens is 2. The Morgan fingerprint density at radius 2 is 1.79 bits per heavy atom. The van der Waals surface area contributed by atoms with Crippen molar-refractivity contribution in [3.8, 4) is 11.5 Å². The fraction of sp³-hybridized carbons (Fsp3) is 0.154. The van der Waals surface area contributed by atoms with Crippen molar-refractivity contribution in [1.29, 1.82) is 0 Å². The third kappa shape index (κ3) is 8.43. The van der Waals surface area contributed by atoms with Crippen LogP contribution in [0.15, 0.2) is 110 Å². The minimum absolute atomic E-state index is 0.340. The maximum absolute atomic E-state index is 14.9. The molecule has 0 saturated heterocycles. The van der Waals surface area contributed by atoms with Gasteiger partial charge in [0.1, 0.15) is 11.3 Å². The van der Waals surface area contributed by atoms with E-state index in [2.05, 4.69) is 68.3 Å². The van der Waals surface area contributed by atoms with Crippen LogP contribution in [0.3, 0.4) is 0 Å². The summed E-state index contributed by atoms with van der Waals surface area (Å²) < 4.78 is 18.2. The number of aromatic amines is 2. The highest BCUT2D eigenvalue weighted by atomic mass is 32.2. The average Bonchev–Trinajstić information content (AvgIpc) is 3.66. The van der Waals surface area contributed by atoms with Crippen LogP contribution in [0.1, 0.15) is 40.7 Å². The number of aromatic nitrogens is 5. The quantitative estimate of drug-likeness (QED) is 0.0716. The van der Waals surface area contributed by atoms with Crippen molar-refractivity contribution in [2.45, 2.75) is 26.9 Å². The van der Waals surface area contributed by atoms with Gasteiger partial charge < -0.3 is 10.3 Å². The number of nitrogens with one attached hydrogen (secondary N) is 4. The van der Waals surface area contributed by atoms with Crippen molar-refractivity contribution in [3.05, 3.63) is 149 Å². The lowest BCUT2D eigenvalue weighted by atomic mass is 9.98. The second-order valence-corrected chi connectivity index (χ2v) is 14.6. The Labute approximate surface area is 282 Å². The molecule has 3 heterocycles. The third-order valence-electron chi connectivity index (χ3n) is 7.66. The minimum Gasteiger partial charge on any atom is -0.340 e. The summed E-state index contributed by atoms with van der Waals surface area (Å²) in [5, 5.41) is 11.2. The molecule has 0 fully saturated rings. The molecule has 7 nitrogen and oxygen atoms in total. The van der Waals surface area contributed by atoms with Crippen molar-refractivity contribution in [2.24, 2.45) is 0 Å². The van der Waals surface area contributed by atoms with E-state index in [9.17, 15) is 4.39 Å². The summed E-state index contributed by atoms with van der Waals surface area (Å²) in [5.74, 6) is 8.33. The van der Waals surface area contributed by atoms with Gasteiger partial charge in [-0.1, -0.05) is 79.5 Å². The van der Waals surface area contributed by atoms with E-state index in [1.807, 2.05) is 74.7 Å². The Hall–Kier alpha value is -5.09. The molecule has 9 heteroatoms. The van der Waals surface area contributed by atoms with Crippen LogP contribution in [-0.2, 0) is 13.1 Å². The first kappa shape index (κ1) is 34.3. The van der Waals surface area contributed by atoms with Crippen LogP contribution in [0.5, 0.6) is 0 Å². The van der Waals surface area contributed by atoms with Crippen LogP contribution < -0.4 is 10.0 Å². The van der Waals surface area contributed by atoms with Gasteiger partial charge in [-0.2, -0.15) is 14.5 Å². The van der Waals surface area contributed by atoms with Crippen LogP contribution >= 0.6 is 9.39 Å². The zero-order valence-corrected chi connectivity index (χ0v) is 28.6. The molecule has 0 saturated carbocycles. The molecule has 246 valence electrons. The van der Waals surface area contributed by atoms with Crippen molar-refractivity contribution in [1.82, 2.24) is 35.2 Å². The minimum atomic E-state index is -1.46. The summed E-state index contributed by atoms with van der Waals surface area (Å²) in [7, 11) is -1.46. The molecule has 5 rings (SSSR count). The molecule has 3 aromatic heterocycles. The first-order valence-electron chi connectivity index (χ1n) is 15.6. The van der Waals surface area contributed by atoms with E-state index in [-0.39, 0.29) is 5.82 Å². The largest absolute Gasteiger partial charge is 0.340 e. The summed E-state index contributed by atoms with van der Waals surface area (Å²) in [5.41, 5.74) is 9.77. The Morgan fingerprint density at radius 3 is 2.50 bits per heavy atom. The first-order valence-corrected chi connectivity index (χ1v) is 17.9. The van der Waals surface area contributed by atoms with Gasteiger partial charge in [-0.25, -0.2) is 14.4 Å². The highest BCUT2D eigenvalue weighted by molar-refractivity contribution is 8.25. The smallest absolute Gasteiger partial charge is 0.161 e. The Morgan fingerprint density at radius 1 is 1.00 bits per heavy atom. The number of hydrogen-bond acceptors (Lipinski definition) is 5. The predicted octanol–water partition coefficient (Wildman–Crippen LogP) is 8.02. The van der Waals surface area contributed by atoms with Crippen LogP contribution in [0.4, 0.5) is 4.39 Å². The Bertz CT molecular complexity index is 2150. The fourth-order valence-electron chi connectivity index (χ4n) is 5.29. The molecule has 0 aliphatic carbocycles. The normalized spacial score (nSPS) is 12.9. The number of benzene rings is 2. The number of pyridine rings is 1. The number of halogens is 1. The molecular formula is C39H42FN7S. The molecule has 0 unspecified atom stereocenters. The lowest BCUT2D eigenvalue weighted by Gasteiger charge is -2.13. The van der Waals surface area contributed by atoms with Gasteiger partial charge >= 0.3 is 0 Å². The lowest BCUT2D eigenvalue weighted by molar-refractivity contribution is 0.624. The molecule has 2 aromatic carbocycles. The van der Waals surface area contributed by atoms with Crippen LogP contribution in [0.25, 0.3) is 33.7 Å². The predicted molar refractivity (Wildman–Crippen MR) is 205 cm³/mol. The molecule has 48 heavy (non-hydrogen) atoms. The molecule has 0 spiro atoms.